The third-order valence-corrected chi connectivity index (χ3v) is 1.64. The van der Waals surface area contributed by atoms with Crippen LogP contribution in [0, 0.1) is 18.3 Å². The lowest BCUT2D eigenvalue weighted by Crippen LogP contribution is -1.80. The lowest BCUT2D eigenvalue weighted by Gasteiger charge is -1.90. The molecule has 0 amide bonds. The topological polar surface area (TPSA) is 36.7 Å². The SMILES string of the molecule is CC.CCCC.Cc1cnccc1C#N. The molecule has 0 aromatic carbocycles. The Morgan fingerprint density at radius 1 is 1.27 bits per heavy atom. The van der Waals surface area contributed by atoms with Crippen molar-refractivity contribution in [1.29, 1.82) is 5.26 Å². The molecule has 0 spiro atoms. The smallest absolute Gasteiger partial charge is 0.0995 e. The first-order valence-corrected chi connectivity index (χ1v) is 5.56. The van der Waals surface area contributed by atoms with Gasteiger partial charge in [-0.05, 0) is 18.6 Å². The zero-order chi connectivity index (χ0) is 12.1. The molecule has 0 aliphatic carbocycles. The standard InChI is InChI=1S/C7H6N2.C4H10.C2H6/c1-6-5-9-3-2-7(6)4-8;1-3-4-2;1-2/h2-3,5H,1H3;3-4H2,1-2H3;1-2H3. The molecular formula is C13H22N2. The highest BCUT2D eigenvalue weighted by molar-refractivity contribution is 5.33. The van der Waals surface area contributed by atoms with Gasteiger partial charge in [-0.1, -0.05) is 40.5 Å². The van der Waals surface area contributed by atoms with Gasteiger partial charge in [-0.2, -0.15) is 5.26 Å². The molecule has 0 radical (unpaired) electrons. The van der Waals surface area contributed by atoms with Crippen molar-refractivity contribution in [2.45, 2.75) is 47.5 Å². The van der Waals surface area contributed by atoms with E-state index in [2.05, 4.69) is 24.9 Å². The van der Waals surface area contributed by atoms with Crippen molar-refractivity contribution in [3.63, 3.8) is 0 Å². The van der Waals surface area contributed by atoms with Crippen LogP contribution >= 0.6 is 0 Å². The average molecular weight is 206 g/mol. The van der Waals surface area contributed by atoms with Crippen molar-refractivity contribution in [2.24, 2.45) is 0 Å². The van der Waals surface area contributed by atoms with Gasteiger partial charge in [0.1, 0.15) is 0 Å². The summed E-state index contributed by atoms with van der Waals surface area (Å²) < 4.78 is 0. The van der Waals surface area contributed by atoms with Crippen LogP contribution < -0.4 is 0 Å². The van der Waals surface area contributed by atoms with Crippen LogP contribution in [0.5, 0.6) is 0 Å². The minimum Gasteiger partial charge on any atom is -0.264 e. The number of aromatic nitrogens is 1. The van der Waals surface area contributed by atoms with Gasteiger partial charge in [0.25, 0.3) is 0 Å². The van der Waals surface area contributed by atoms with Crippen LogP contribution in [0.3, 0.4) is 0 Å². The molecule has 1 heterocycles. The molecule has 0 aliphatic heterocycles. The molecule has 2 nitrogen and oxygen atoms in total. The van der Waals surface area contributed by atoms with E-state index in [1.165, 1.54) is 12.8 Å². The Hall–Kier alpha value is -1.36. The van der Waals surface area contributed by atoms with Crippen LogP contribution in [0.15, 0.2) is 18.5 Å². The first kappa shape index (κ1) is 16.1. The maximum atomic E-state index is 8.44. The van der Waals surface area contributed by atoms with E-state index in [1.807, 2.05) is 20.8 Å². The van der Waals surface area contributed by atoms with E-state index in [0.717, 1.165) is 5.56 Å². The fourth-order valence-electron chi connectivity index (χ4n) is 0.599. The number of nitrogens with zero attached hydrogens (tertiary/aromatic N) is 2. The predicted molar refractivity (Wildman–Crippen MR) is 65.6 cm³/mol. The number of nitriles is 1. The third kappa shape index (κ3) is 8.96. The fourth-order valence-corrected chi connectivity index (χ4v) is 0.599. The Bertz CT molecular complexity index is 272. The van der Waals surface area contributed by atoms with Gasteiger partial charge >= 0.3 is 0 Å². The Morgan fingerprint density at radius 3 is 2.07 bits per heavy atom. The lowest BCUT2D eigenvalue weighted by atomic mass is 10.2. The largest absolute Gasteiger partial charge is 0.264 e. The van der Waals surface area contributed by atoms with Crippen molar-refractivity contribution in [2.75, 3.05) is 0 Å². The molecule has 2 heteroatoms. The molecule has 0 N–H and O–H groups in total. The van der Waals surface area contributed by atoms with Gasteiger partial charge in [-0.3, -0.25) is 4.98 Å². The number of aryl methyl sites for hydroxylation is 1. The first-order chi connectivity index (χ1) is 7.26. The molecule has 0 atom stereocenters. The molecule has 84 valence electrons. The minimum absolute atomic E-state index is 0.699. The number of pyridine rings is 1. The molecule has 0 fully saturated rings. The molecule has 0 unspecified atom stereocenters. The molecular weight excluding hydrogens is 184 g/mol. The minimum atomic E-state index is 0.699. The van der Waals surface area contributed by atoms with E-state index in [9.17, 15) is 0 Å². The van der Waals surface area contributed by atoms with Crippen LogP contribution in [-0.2, 0) is 0 Å². The second-order valence-corrected chi connectivity index (χ2v) is 2.80. The highest BCUT2D eigenvalue weighted by atomic mass is 14.6. The van der Waals surface area contributed by atoms with Gasteiger partial charge in [0.2, 0.25) is 0 Å². The van der Waals surface area contributed by atoms with Crippen molar-refractivity contribution in [1.82, 2.24) is 4.98 Å². The van der Waals surface area contributed by atoms with Gasteiger partial charge in [-0.15, -0.1) is 0 Å². The van der Waals surface area contributed by atoms with E-state index in [1.54, 1.807) is 18.5 Å². The van der Waals surface area contributed by atoms with Crippen LogP contribution in [0.4, 0.5) is 0 Å². The maximum Gasteiger partial charge on any atom is 0.0995 e. The summed E-state index contributed by atoms with van der Waals surface area (Å²) in [6, 6.07) is 3.76. The Labute approximate surface area is 94.0 Å². The van der Waals surface area contributed by atoms with Gasteiger partial charge in [-0.25, -0.2) is 0 Å². The first-order valence-electron chi connectivity index (χ1n) is 5.56. The quantitative estimate of drug-likeness (QED) is 0.693. The van der Waals surface area contributed by atoms with Gasteiger partial charge in [0.05, 0.1) is 11.6 Å². The molecule has 1 aromatic rings. The van der Waals surface area contributed by atoms with Gasteiger partial charge < -0.3 is 0 Å². The number of rotatable bonds is 1. The van der Waals surface area contributed by atoms with Crippen LogP contribution in [0.1, 0.15) is 51.7 Å². The van der Waals surface area contributed by atoms with E-state index in [4.69, 9.17) is 5.26 Å². The van der Waals surface area contributed by atoms with Crippen LogP contribution in [-0.4, -0.2) is 4.98 Å². The van der Waals surface area contributed by atoms with Crippen molar-refractivity contribution >= 4 is 0 Å². The fraction of sp³-hybridized carbons (Fsp3) is 0.538. The summed E-state index contributed by atoms with van der Waals surface area (Å²) >= 11 is 0. The third-order valence-electron chi connectivity index (χ3n) is 1.64. The van der Waals surface area contributed by atoms with Crippen molar-refractivity contribution in [3.05, 3.63) is 29.6 Å². The number of hydrogen-bond acceptors (Lipinski definition) is 2. The normalized spacial score (nSPS) is 7.47. The summed E-state index contributed by atoms with van der Waals surface area (Å²) in [5.74, 6) is 0. The Kier molecular flexibility index (Phi) is 13.6. The highest BCUT2D eigenvalue weighted by Crippen LogP contribution is 2.00. The van der Waals surface area contributed by atoms with E-state index >= 15 is 0 Å². The van der Waals surface area contributed by atoms with Gasteiger partial charge in [0, 0.05) is 12.4 Å². The van der Waals surface area contributed by atoms with Crippen LogP contribution in [0.2, 0.25) is 0 Å². The van der Waals surface area contributed by atoms with Crippen molar-refractivity contribution in [3.8, 4) is 6.07 Å². The zero-order valence-corrected chi connectivity index (χ0v) is 10.5. The van der Waals surface area contributed by atoms with E-state index in [0.29, 0.717) is 5.56 Å². The summed E-state index contributed by atoms with van der Waals surface area (Å²) in [7, 11) is 0. The molecule has 1 aromatic heterocycles. The summed E-state index contributed by atoms with van der Waals surface area (Å²) in [5.41, 5.74) is 1.63. The van der Waals surface area contributed by atoms with E-state index < -0.39 is 0 Å². The summed E-state index contributed by atoms with van der Waals surface area (Å²) in [6.45, 7) is 10.2. The molecule has 0 aliphatic rings. The number of unbranched alkanes of at least 4 members (excludes halogenated alkanes) is 1. The van der Waals surface area contributed by atoms with E-state index in [-0.39, 0.29) is 0 Å². The second-order valence-electron chi connectivity index (χ2n) is 2.80. The highest BCUT2D eigenvalue weighted by Gasteiger charge is 1.91. The Balaban J connectivity index is 0. The molecule has 0 saturated carbocycles. The second kappa shape index (κ2) is 12.6. The molecule has 0 saturated heterocycles. The molecule has 0 bridgehead atoms. The molecule has 15 heavy (non-hydrogen) atoms. The summed E-state index contributed by atoms with van der Waals surface area (Å²) in [5, 5.41) is 8.44. The number of hydrogen-bond donors (Lipinski definition) is 0. The monoisotopic (exact) mass is 206 g/mol. The zero-order valence-electron chi connectivity index (χ0n) is 10.5. The molecule has 1 rings (SSSR count). The summed E-state index contributed by atoms with van der Waals surface area (Å²) in [4.78, 5) is 3.84. The Morgan fingerprint density at radius 2 is 1.80 bits per heavy atom. The van der Waals surface area contributed by atoms with Gasteiger partial charge in [0.15, 0.2) is 0 Å². The van der Waals surface area contributed by atoms with Crippen molar-refractivity contribution < 1.29 is 0 Å². The average Bonchev–Trinajstić information content (AvgIpc) is 2.33. The predicted octanol–water partition coefficient (Wildman–Crippen LogP) is 4.09. The summed E-state index contributed by atoms with van der Waals surface area (Å²) in [6.07, 6.45) is 5.93. The maximum absolute atomic E-state index is 8.44. The lowest BCUT2D eigenvalue weighted by molar-refractivity contribution is 0.886. The van der Waals surface area contributed by atoms with Crippen LogP contribution in [0.25, 0.3) is 0 Å².